The van der Waals surface area contributed by atoms with E-state index in [4.69, 9.17) is 18.9 Å². The molecule has 0 aliphatic rings. The summed E-state index contributed by atoms with van der Waals surface area (Å²) in [7, 11) is 4.58. The van der Waals surface area contributed by atoms with Crippen molar-refractivity contribution in [1.29, 1.82) is 5.26 Å². The molecule has 0 atom stereocenters. The lowest BCUT2D eigenvalue weighted by Crippen LogP contribution is -2.24. The third-order valence-corrected chi connectivity index (χ3v) is 4.63. The number of hydrogen-bond acceptors (Lipinski definition) is 7. The zero-order chi connectivity index (χ0) is 25.3. The predicted molar refractivity (Wildman–Crippen MR) is 129 cm³/mol. The Morgan fingerprint density at radius 3 is 2.12 bits per heavy atom. The zero-order valence-corrected chi connectivity index (χ0v) is 20.4. The van der Waals surface area contributed by atoms with E-state index in [9.17, 15) is 14.9 Å². The first kappa shape index (κ1) is 26.3. The second kappa shape index (κ2) is 11.8. The Morgan fingerprint density at radius 2 is 1.59 bits per heavy atom. The monoisotopic (exact) mass is 466 g/mol. The number of carbonyl (C=O) groups excluding carboxylic acids is 2. The lowest BCUT2D eigenvalue weighted by Gasteiger charge is -2.19. The second-order valence-corrected chi connectivity index (χ2v) is 8.34. The first-order valence-corrected chi connectivity index (χ1v) is 10.6. The van der Waals surface area contributed by atoms with E-state index < -0.39 is 11.6 Å². The van der Waals surface area contributed by atoms with Crippen LogP contribution in [0.4, 0.5) is 5.69 Å². The Morgan fingerprint density at radius 1 is 0.941 bits per heavy atom. The van der Waals surface area contributed by atoms with E-state index in [1.165, 1.54) is 13.2 Å². The van der Waals surface area contributed by atoms with E-state index in [2.05, 4.69) is 11.4 Å². The van der Waals surface area contributed by atoms with Gasteiger partial charge in [-0.1, -0.05) is 6.07 Å². The lowest BCUT2D eigenvalue weighted by molar-refractivity contribution is -0.155. The van der Waals surface area contributed by atoms with Crippen LogP contribution in [0.2, 0.25) is 0 Å². The molecule has 8 nitrogen and oxygen atoms in total. The van der Waals surface area contributed by atoms with Gasteiger partial charge in [-0.3, -0.25) is 9.59 Å². The summed E-state index contributed by atoms with van der Waals surface area (Å²) in [5.41, 5.74) is 1.77. The number of nitrogens with one attached hydrogen (secondary N) is 1. The van der Waals surface area contributed by atoms with Gasteiger partial charge in [0, 0.05) is 18.6 Å². The fraction of sp³-hybridized carbons (Fsp3) is 0.346. The van der Waals surface area contributed by atoms with E-state index in [-0.39, 0.29) is 18.7 Å². The number of nitriles is 1. The molecule has 0 unspecified atom stereocenters. The number of hydrogen-bond donors (Lipinski definition) is 1. The van der Waals surface area contributed by atoms with Crippen LogP contribution in [0, 0.1) is 11.3 Å². The van der Waals surface area contributed by atoms with Gasteiger partial charge in [0.2, 0.25) is 5.91 Å². The van der Waals surface area contributed by atoms with Crippen LogP contribution in [-0.2, 0) is 14.3 Å². The number of nitrogens with zero attached hydrogens (tertiary/aromatic N) is 1. The summed E-state index contributed by atoms with van der Waals surface area (Å²) in [5.74, 6) is 0.767. The lowest BCUT2D eigenvalue weighted by atomic mass is 9.96. The predicted octanol–water partition coefficient (Wildman–Crippen LogP) is 4.73. The largest absolute Gasteiger partial charge is 0.497 e. The van der Waals surface area contributed by atoms with Gasteiger partial charge >= 0.3 is 5.97 Å². The summed E-state index contributed by atoms with van der Waals surface area (Å²) in [4.78, 5) is 24.5. The summed E-state index contributed by atoms with van der Waals surface area (Å²) in [6, 6.07) is 12.6. The molecule has 1 N–H and O–H groups in total. The maximum atomic E-state index is 12.5. The fourth-order valence-corrected chi connectivity index (χ4v) is 3.15. The van der Waals surface area contributed by atoms with Crippen LogP contribution < -0.4 is 19.5 Å². The number of amides is 1. The maximum Gasteiger partial charge on any atom is 0.306 e. The van der Waals surface area contributed by atoms with Gasteiger partial charge in [0.25, 0.3) is 0 Å². The highest BCUT2D eigenvalue weighted by molar-refractivity contribution is 5.95. The maximum absolute atomic E-state index is 12.5. The molecule has 0 spiro atoms. The van der Waals surface area contributed by atoms with Crippen molar-refractivity contribution < 1.29 is 28.5 Å². The van der Waals surface area contributed by atoms with E-state index in [1.807, 2.05) is 0 Å². The second-order valence-electron chi connectivity index (χ2n) is 8.34. The zero-order valence-electron chi connectivity index (χ0n) is 20.4. The Balaban J connectivity index is 2.32. The number of ether oxygens (including phenoxy) is 4. The molecule has 0 saturated heterocycles. The third kappa shape index (κ3) is 7.55. The number of esters is 1. The molecule has 2 aromatic carbocycles. The summed E-state index contributed by atoms with van der Waals surface area (Å²) in [5, 5.41) is 12.2. The molecule has 0 aliphatic carbocycles. The van der Waals surface area contributed by atoms with Crippen LogP contribution in [0.3, 0.4) is 0 Å². The van der Waals surface area contributed by atoms with Crippen LogP contribution in [0.1, 0.15) is 44.7 Å². The normalized spacial score (nSPS) is 11.3. The molecule has 0 aromatic heterocycles. The van der Waals surface area contributed by atoms with Crippen molar-refractivity contribution >= 4 is 23.1 Å². The number of benzene rings is 2. The molecular weight excluding hydrogens is 436 g/mol. The number of carbonyl (C=O) groups is 2. The topological polar surface area (TPSA) is 107 Å². The van der Waals surface area contributed by atoms with Crippen LogP contribution in [-0.4, -0.2) is 38.8 Å². The minimum atomic E-state index is -0.614. The number of rotatable bonds is 9. The molecular formula is C26H30N2O6. The first-order chi connectivity index (χ1) is 16.1. The number of anilines is 1. The van der Waals surface area contributed by atoms with E-state index in [0.29, 0.717) is 39.6 Å². The average molecular weight is 467 g/mol. The Hall–Kier alpha value is -3.99. The van der Waals surface area contributed by atoms with Gasteiger partial charge < -0.3 is 24.3 Å². The van der Waals surface area contributed by atoms with Crippen LogP contribution >= 0.6 is 0 Å². The van der Waals surface area contributed by atoms with E-state index >= 15 is 0 Å². The van der Waals surface area contributed by atoms with E-state index in [1.54, 1.807) is 71.4 Å². The number of methoxy groups -OCH3 is 3. The molecule has 0 aliphatic heterocycles. The van der Waals surface area contributed by atoms with Crippen molar-refractivity contribution in [3.05, 3.63) is 53.6 Å². The summed E-state index contributed by atoms with van der Waals surface area (Å²) in [6.45, 7) is 5.31. The highest BCUT2D eigenvalue weighted by Gasteiger charge is 2.18. The molecule has 180 valence electrons. The van der Waals surface area contributed by atoms with Gasteiger partial charge in [0.1, 0.15) is 22.8 Å². The molecule has 0 heterocycles. The Kier molecular flexibility index (Phi) is 9.08. The van der Waals surface area contributed by atoms with Crippen LogP contribution in [0.5, 0.6) is 17.2 Å². The Bertz CT molecular complexity index is 1090. The van der Waals surface area contributed by atoms with E-state index in [0.717, 1.165) is 0 Å². The molecule has 8 heteroatoms. The van der Waals surface area contributed by atoms with Crippen LogP contribution in [0.25, 0.3) is 5.57 Å². The molecule has 0 fully saturated rings. The fourth-order valence-electron chi connectivity index (χ4n) is 3.15. The van der Waals surface area contributed by atoms with Crippen molar-refractivity contribution in [2.75, 3.05) is 26.6 Å². The van der Waals surface area contributed by atoms with Gasteiger partial charge in [0.15, 0.2) is 0 Å². The minimum absolute atomic E-state index is 0.0454. The molecule has 2 rings (SSSR count). The van der Waals surface area contributed by atoms with Gasteiger partial charge in [-0.2, -0.15) is 5.26 Å². The highest BCUT2D eigenvalue weighted by atomic mass is 16.6. The molecule has 0 radical (unpaired) electrons. The third-order valence-electron chi connectivity index (χ3n) is 4.63. The molecule has 1 amide bonds. The van der Waals surface area contributed by atoms with Crippen molar-refractivity contribution in [3.8, 4) is 23.3 Å². The van der Waals surface area contributed by atoms with Crippen molar-refractivity contribution in [1.82, 2.24) is 0 Å². The number of allylic oxidation sites excluding steroid dienone is 1. The van der Waals surface area contributed by atoms with Gasteiger partial charge in [-0.05, 0) is 61.7 Å². The first-order valence-electron chi connectivity index (χ1n) is 10.6. The smallest absolute Gasteiger partial charge is 0.306 e. The molecule has 34 heavy (non-hydrogen) atoms. The van der Waals surface area contributed by atoms with Crippen LogP contribution in [0.15, 0.2) is 42.5 Å². The Labute approximate surface area is 200 Å². The summed E-state index contributed by atoms with van der Waals surface area (Å²) in [6.07, 6.45) is 1.31. The van der Waals surface area contributed by atoms with Gasteiger partial charge in [0.05, 0.1) is 39.5 Å². The minimum Gasteiger partial charge on any atom is -0.497 e. The van der Waals surface area contributed by atoms with Gasteiger partial charge in [-0.15, -0.1) is 0 Å². The SMILES string of the molecule is COc1cc(OC)cc(C(=CC#N)c2ccc(OC)c(NC(=O)CCC(=O)OC(C)(C)C)c2)c1. The summed E-state index contributed by atoms with van der Waals surface area (Å²) < 4.78 is 21.3. The molecule has 2 aromatic rings. The quantitative estimate of drug-likeness (QED) is 0.421. The molecule has 0 saturated carbocycles. The highest BCUT2D eigenvalue weighted by Crippen LogP contribution is 2.34. The van der Waals surface area contributed by atoms with Crippen molar-refractivity contribution in [2.24, 2.45) is 0 Å². The van der Waals surface area contributed by atoms with Crippen molar-refractivity contribution in [2.45, 2.75) is 39.2 Å². The van der Waals surface area contributed by atoms with Gasteiger partial charge in [-0.25, -0.2) is 0 Å². The average Bonchev–Trinajstić information content (AvgIpc) is 2.79. The van der Waals surface area contributed by atoms with Crippen molar-refractivity contribution in [3.63, 3.8) is 0 Å². The summed E-state index contributed by atoms with van der Waals surface area (Å²) >= 11 is 0. The molecule has 0 bridgehead atoms. The standard InChI is InChI=1S/C26H30N2O6/c1-26(2,3)34-25(30)10-9-24(29)28-22-15-17(7-8-23(22)33-6)21(11-12-27)18-13-19(31-4)16-20(14-18)32-5/h7-8,11,13-16H,9-10H2,1-6H3,(H,28,29).